The van der Waals surface area contributed by atoms with Crippen molar-refractivity contribution in [3.8, 4) is 5.69 Å². The normalized spacial score (nSPS) is 12.3. The van der Waals surface area contributed by atoms with Crippen molar-refractivity contribution in [1.82, 2.24) is 4.68 Å². The van der Waals surface area contributed by atoms with Crippen LogP contribution in [-0.4, -0.2) is 4.68 Å². The van der Waals surface area contributed by atoms with Gasteiger partial charge in [0.25, 0.3) is 0 Å². The smallest absolute Gasteiger partial charge is 0.217 e. The molecule has 0 amide bonds. The number of hydrogen-bond donors (Lipinski definition) is 0. The molecule has 3 heteroatoms. The van der Waals surface area contributed by atoms with Gasteiger partial charge in [0.1, 0.15) is 11.2 Å². The fourth-order valence-corrected chi connectivity index (χ4v) is 3.42. The highest BCUT2D eigenvalue weighted by Gasteiger charge is 2.31. The number of nitrogens with zero attached hydrogens (tertiary/aromatic N) is 3. The molecule has 2 heterocycles. The number of para-hydroxylation sites is 1. The van der Waals surface area contributed by atoms with E-state index in [4.69, 9.17) is 6.57 Å². The predicted molar refractivity (Wildman–Crippen MR) is 83.0 cm³/mol. The number of fused-ring (bicyclic) bond motifs is 5. The Kier molecular flexibility index (Phi) is 2.29. The van der Waals surface area contributed by atoms with Crippen molar-refractivity contribution < 1.29 is 4.68 Å². The van der Waals surface area contributed by atoms with E-state index in [0.29, 0.717) is 0 Å². The van der Waals surface area contributed by atoms with E-state index < -0.39 is 0 Å². The van der Waals surface area contributed by atoms with Crippen molar-refractivity contribution in [1.29, 1.82) is 0 Å². The summed E-state index contributed by atoms with van der Waals surface area (Å²) in [7, 11) is 0. The van der Waals surface area contributed by atoms with E-state index in [1.807, 2.05) is 12.1 Å². The number of aromatic nitrogens is 2. The Bertz CT molecular complexity index is 955. The predicted octanol–water partition coefficient (Wildman–Crippen LogP) is 3.76. The van der Waals surface area contributed by atoms with Gasteiger partial charge < -0.3 is 0 Å². The highest BCUT2D eigenvalue weighted by molar-refractivity contribution is 5.92. The number of aryl methyl sites for hydroxylation is 1. The maximum absolute atomic E-state index is 7.44. The number of hydrogen-bond acceptors (Lipinski definition) is 0. The van der Waals surface area contributed by atoms with Crippen LogP contribution in [0.4, 0.5) is 5.69 Å². The van der Waals surface area contributed by atoms with Gasteiger partial charge in [0, 0.05) is 5.56 Å². The third-order valence-corrected chi connectivity index (χ3v) is 4.67. The third kappa shape index (κ3) is 1.45. The number of rotatable bonds is 0. The first-order valence-corrected chi connectivity index (χ1v) is 7.13. The molecule has 2 aromatic carbocycles. The van der Waals surface area contributed by atoms with Gasteiger partial charge in [-0.3, -0.25) is 0 Å². The highest BCUT2D eigenvalue weighted by Crippen LogP contribution is 2.34. The van der Waals surface area contributed by atoms with Gasteiger partial charge >= 0.3 is 0 Å². The van der Waals surface area contributed by atoms with Crippen molar-refractivity contribution in [2.24, 2.45) is 0 Å². The minimum atomic E-state index is 0.719. The van der Waals surface area contributed by atoms with E-state index in [9.17, 15) is 0 Å². The lowest BCUT2D eigenvalue weighted by molar-refractivity contribution is -0.749. The van der Waals surface area contributed by atoms with Crippen LogP contribution in [0.3, 0.4) is 0 Å². The van der Waals surface area contributed by atoms with Gasteiger partial charge in [0.15, 0.2) is 6.54 Å². The van der Waals surface area contributed by atoms with E-state index in [0.717, 1.165) is 23.1 Å². The Balaban J connectivity index is 2.17. The van der Waals surface area contributed by atoms with E-state index >= 15 is 0 Å². The first-order valence-electron chi connectivity index (χ1n) is 7.13. The summed E-state index contributed by atoms with van der Waals surface area (Å²) < 4.78 is 4.44. The Morgan fingerprint density at radius 1 is 1.19 bits per heavy atom. The molecular weight excluding hydrogens is 258 g/mol. The Morgan fingerprint density at radius 3 is 2.76 bits per heavy atom. The molecule has 0 N–H and O–H groups in total. The van der Waals surface area contributed by atoms with Gasteiger partial charge in [-0.15, -0.1) is 9.36 Å². The number of benzene rings is 2. The van der Waals surface area contributed by atoms with Crippen LogP contribution < -0.4 is 4.68 Å². The van der Waals surface area contributed by atoms with Gasteiger partial charge in [-0.05, 0) is 49.6 Å². The molecule has 1 aromatic heterocycles. The maximum Gasteiger partial charge on any atom is 0.217 e. The Morgan fingerprint density at radius 2 is 2.00 bits per heavy atom. The average molecular weight is 274 g/mol. The van der Waals surface area contributed by atoms with Crippen molar-refractivity contribution in [3.05, 3.63) is 64.1 Å². The topological polar surface area (TPSA) is 13.2 Å². The van der Waals surface area contributed by atoms with E-state index in [1.54, 1.807) is 0 Å². The van der Waals surface area contributed by atoms with Crippen LogP contribution in [0.25, 0.3) is 21.4 Å². The summed E-state index contributed by atoms with van der Waals surface area (Å²) in [5, 5.41) is 1.13. The molecule has 0 atom stereocenters. The fourth-order valence-electron chi connectivity index (χ4n) is 3.42. The second kappa shape index (κ2) is 3.95. The van der Waals surface area contributed by atoms with Crippen LogP contribution in [0, 0.1) is 27.3 Å². The first-order chi connectivity index (χ1) is 10.1. The summed E-state index contributed by atoms with van der Waals surface area (Å²) in [5.41, 5.74) is 8.33. The summed E-state index contributed by atoms with van der Waals surface area (Å²) in [6.07, 6.45) is 2.15. The zero-order valence-electron chi connectivity index (χ0n) is 12.4. The van der Waals surface area contributed by atoms with Crippen LogP contribution in [-0.2, 0) is 6.54 Å². The summed E-state index contributed by atoms with van der Waals surface area (Å²) in [4.78, 5) is 3.71. The van der Waals surface area contributed by atoms with Crippen LogP contribution >= 0.6 is 0 Å². The summed E-state index contributed by atoms with van der Waals surface area (Å²) >= 11 is 0. The zero-order valence-corrected chi connectivity index (χ0v) is 12.4. The highest BCUT2D eigenvalue weighted by atomic mass is 15.4. The lowest BCUT2D eigenvalue weighted by Crippen LogP contribution is -2.36. The van der Waals surface area contributed by atoms with Gasteiger partial charge in [-0.2, -0.15) is 0 Å². The molecule has 1 aliphatic rings. The molecule has 3 nitrogen and oxygen atoms in total. The second-order valence-corrected chi connectivity index (χ2v) is 5.82. The fraction of sp³-hybridized carbons (Fsp3) is 0.222. The van der Waals surface area contributed by atoms with Crippen molar-refractivity contribution in [2.75, 3.05) is 0 Å². The maximum atomic E-state index is 7.44. The van der Waals surface area contributed by atoms with Crippen LogP contribution in [0.2, 0.25) is 0 Å². The molecule has 0 bridgehead atoms. The lowest BCUT2D eigenvalue weighted by atomic mass is 9.98. The largest absolute Gasteiger partial charge is 0.236 e. The molecule has 0 saturated carbocycles. The standard InChI is InChI=1S/C18H16N3/c1-11-8-15-10-20-9-14-6-5-7-16(19-4)18(14)21(20)17(15)13(3)12(11)2/h5-9H,10H2,1-3H3/q+1. The van der Waals surface area contributed by atoms with Gasteiger partial charge in [0.2, 0.25) is 11.9 Å². The SMILES string of the molecule is [C-]#[N+]c1cccc2c[n+]3n(c12)-c1c(cc(C)c(C)c1C)C3. The van der Waals surface area contributed by atoms with Crippen molar-refractivity contribution in [3.63, 3.8) is 0 Å². The minimum absolute atomic E-state index is 0.719. The van der Waals surface area contributed by atoms with Crippen LogP contribution in [0.1, 0.15) is 22.3 Å². The summed E-state index contributed by atoms with van der Waals surface area (Å²) in [6.45, 7) is 14.9. The molecule has 0 spiro atoms. The molecule has 0 aliphatic carbocycles. The van der Waals surface area contributed by atoms with E-state index in [-0.39, 0.29) is 0 Å². The molecule has 1 aliphatic heterocycles. The molecule has 102 valence electrons. The van der Waals surface area contributed by atoms with Crippen LogP contribution in [0.15, 0.2) is 30.5 Å². The van der Waals surface area contributed by atoms with E-state index in [1.165, 1.54) is 27.9 Å². The summed E-state index contributed by atoms with van der Waals surface area (Å²) in [6, 6.07) is 8.22. The monoisotopic (exact) mass is 274 g/mol. The third-order valence-electron chi connectivity index (χ3n) is 4.67. The molecule has 3 aromatic rings. The zero-order chi connectivity index (χ0) is 14.7. The first kappa shape index (κ1) is 12.2. The molecule has 0 unspecified atom stereocenters. The molecule has 0 fully saturated rings. The molecular formula is C18H16N3+. The quantitative estimate of drug-likeness (QED) is 0.342. The lowest BCUT2D eigenvalue weighted by Gasteiger charge is -2.09. The summed E-state index contributed by atoms with van der Waals surface area (Å²) in [5.74, 6) is 0. The minimum Gasteiger partial charge on any atom is -0.236 e. The molecule has 0 radical (unpaired) electrons. The molecule has 0 saturated heterocycles. The average Bonchev–Trinajstić information content (AvgIpc) is 2.99. The van der Waals surface area contributed by atoms with Gasteiger partial charge in [-0.25, -0.2) is 4.85 Å². The second-order valence-electron chi connectivity index (χ2n) is 5.82. The van der Waals surface area contributed by atoms with E-state index in [2.05, 4.69) is 53.3 Å². The van der Waals surface area contributed by atoms with Crippen LogP contribution in [0.5, 0.6) is 0 Å². The van der Waals surface area contributed by atoms with Gasteiger partial charge in [0.05, 0.1) is 12.0 Å². The van der Waals surface area contributed by atoms with Gasteiger partial charge in [-0.1, -0.05) is 12.1 Å². The Hall–Kier alpha value is -2.60. The molecule has 4 rings (SSSR count). The van der Waals surface area contributed by atoms with Crippen molar-refractivity contribution in [2.45, 2.75) is 27.3 Å². The molecule has 21 heavy (non-hydrogen) atoms. The Labute approximate surface area is 123 Å². The van der Waals surface area contributed by atoms with Crippen molar-refractivity contribution >= 4 is 16.6 Å².